The van der Waals surface area contributed by atoms with Crippen LogP contribution in [0.15, 0.2) is 41.4 Å². The first-order valence-corrected chi connectivity index (χ1v) is 12.3. The van der Waals surface area contributed by atoms with Crippen LogP contribution in [0.3, 0.4) is 0 Å². The predicted octanol–water partition coefficient (Wildman–Crippen LogP) is 5.95. The Balaban J connectivity index is 1.47. The molecule has 3 atom stereocenters. The molecule has 1 unspecified atom stereocenters. The molecule has 2 fully saturated rings. The van der Waals surface area contributed by atoms with Crippen molar-refractivity contribution in [1.29, 1.82) is 0 Å². The molecule has 6 nitrogen and oxygen atoms in total. The summed E-state index contributed by atoms with van der Waals surface area (Å²) < 4.78 is 103. The van der Waals surface area contributed by atoms with Crippen LogP contribution in [0, 0.1) is 0 Å². The van der Waals surface area contributed by atoms with E-state index in [2.05, 4.69) is 9.29 Å². The highest BCUT2D eigenvalue weighted by molar-refractivity contribution is 7.97. The summed E-state index contributed by atoms with van der Waals surface area (Å²) >= 11 is 1.34. The summed E-state index contributed by atoms with van der Waals surface area (Å²) in [7, 11) is 1.44. The maximum Gasteiger partial charge on any atom is 0.417 e. The zero-order valence-electron chi connectivity index (χ0n) is 20.0. The van der Waals surface area contributed by atoms with Crippen molar-refractivity contribution in [1.82, 2.24) is 9.29 Å². The van der Waals surface area contributed by atoms with Crippen molar-refractivity contribution < 1.29 is 45.3 Å². The van der Waals surface area contributed by atoms with E-state index < -0.39 is 29.8 Å². The summed E-state index contributed by atoms with van der Waals surface area (Å²) in [5, 5.41) is 0. The van der Waals surface area contributed by atoms with E-state index in [-0.39, 0.29) is 30.7 Å². The Bertz CT molecular complexity index is 1040. The lowest BCUT2D eigenvalue weighted by Gasteiger charge is -2.47. The third kappa shape index (κ3) is 7.08. The smallest absolute Gasteiger partial charge is 0.417 e. The molecule has 2 aliphatic heterocycles. The van der Waals surface area contributed by atoms with E-state index in [1.807, 2.05) is 0 Å². The average Bonchev–Trinajstić information content (AvgIpc) is 2.82. The number of methoxy groups -OCH3 is 1. The molecule has 0 saturated carbocycles. The molecule has 3 heterocycles. The van der Waals surface area contributed by atoms with E-state index in [0.717, 1.165) is 24.4 Å². The van der Waals surface area contributed by atoms with Gasteiger partial charge in [0.05, 0.1) is 30.9 Å². The number of piperidine rings is 1. The molecular formula is C24H26F6N2O4S. The second-order valence-corrected chi connectivity index (χ2v) is 9.87. The highest BCUT2D eigenvalue weighted by atomic mass is 32.2. The van der Waals surface area contributed by atoms with Crippen LogP contribution in [0.1, 0.15) is 36.5 Å². The molecule has 2 saturated heterocycles. The minimum atomic E-state index is -4.49. The first-order chi connectivity index (χ1) is 17.4. The summed E-state index contributed by atoms with van der Waals surface area (Å²) in [4.78, 5) is 4.42. The molecule has 0 radical (unpaired) electrons. The summed E-state index contributed by atoms with van der Waals surface area (Å²) in [5.74, 6) is 0.104. The first-order valence-electron chi connectivity index (χ1n) is 11.5. The standard InChI is InChI=1S/C24H26F6N2O4S/c1-14(33-2)35-11-15-7-16(23(25,26)27)3-5-21(15)37-32-18-8-20(9-19(32)13-34-12-18)36-22-6-4-17(10-31-22)24(28,29)30/h3-7,10,14,18-20H,8-9,11-13H2,1-2H3/t14?,18-,19-/m0/s1. The predicted molar refractivity (Wildman–Crippen MR) is 122 cm³/mol. The first kappa shape index (κ1) is 28.0. The molecular weight excluding hydrogens is 526 g/mol. The van der Waals surface area contributed by atoms with Crippen molar-refractivity contribution in [3.05, 3.63) is 53.2 Å². The number of hydrogen-bond donors (Lipinski definition) is 0. The van der Waals surface area contributed by atoms with Gasteiger partial charge in [-0.15, -0.1) is 0 Å². The quantitative estimate of drug-likeness (QED) is 0.228. The Morgan fingerprint density at radius 1 is 1.03 bits per heavy atom. The zero-order chi connectivity index (χ0) is 26.8. The number of pyridine rings is 1. The van der Waals surface area contributed by atoms with Gasteiger partial charge in [-0.3, -0.25) is 0 Å². The molecule has 1 aromatic heterocycles. The summed E-state index contributed by atoms with van der Waals surface area (Å²) in [6.07, 6.45) is -8.09. The third-order valence-corrected chi connectivity index (χ3v) is 7.56. The van der Waals surface area contributed by atoms with Gasteiger partial charge in [0.1, 0.15) is 6.10 Å². The van der Waals surface area contributed by atoms with Crippen LogP contribution in [0.5, 0.6) is 5.88 Å². The molecule has 0 amide bonds. The second kappa shape index (κ2) is 11.4. The number of fused-ring (bicyclic) bond motifs is 2. The number of ether oxygens (including phenoxy) is 4. The van der Waals surface area contributed by atoms with E-state index >= 15 is 0 Å². The van der Waals surface area contributed by atoms with E-state index in [9.17, 15) is 26.3 Å². The molecule has 0 spiro atoms. The molecule has 4 rings (SSSR count). The molecule has 2 bridgehead atoms. The van der Waals surface area contributed by atoms with Gasteiger partial charge in [0.2, 0.25) is 5.88 Å². The van der Waals surface area contributed by atoms with Gasteiger partial charge in [0, 0.05) is 49.2 Å². The maximum atomic E-state index is 13.3. The minimum absolute atomic E-state index is 0.0632. The van der Waals surface area contributed by atoms with Gasteiger partial charge in [0.15, 0.2) is 6.29 Å². The number of hydrogen-bond acceptors (Lipinski definition) is 7. The van der Waals surface area contributed by atoms with Crippen LogP contribution in [0.25, 0.3) is 0 Å². The second-order valence-electron chi connectivity index (χ2n) is 8.83. The number of morpholine rings is 1. The Labute approximate surface area is 214 Å². The summed E-state index contributed by atoms with van der Waals surface area (Å²) in [6, 6.07) is 5.46. The Morgan fingerprint density at radius 2 is 1.68 bits per heavy atom. The van der Waals surface area contributed by atoms with Crippen LogP contribution < -0.4 is 4.74 Å². The number of alkyl halides is 6. The van der Waals surface area contributed by atoms with E-state index in [0.29, 0.717) is 36.5 Å². The molecule has 2 aliphatic rings. The lowest BCUT2D eigenvalue weighted by atomic mass is 9.94. The summed E-state index contributed by atoms with van der Waals surface area (Å²) in [5.41, 5.74) is -1.23. The van der Waals surface area contributed by atoms with Crippen molar-refractivity contribution in [2.45, 2.75) is 68.1 Å². The highest BCUT2D eigenvalue weighted by Gasteiger charge is 2.41. The number of rotatable bonds is 8. The number of halogens is 6. The zero-order valence-corrected chi connectivity index (χ0v) is 20.8. The van der Waals surface area contributed by atoms with Gasteiger partial charge < -0.3 is 18.9 Å². The SMILES string of the molecule is COC(C)OCc1cc(C(F)(F)F)ccc1SN1[C@@H]2COC[C@@H]1CC(Oc1ccc(C(F)(F)F)cn1)C2. The minimum Gasteiger partial charge on any atom is -0.474 e. The highest BCUT2D eigenvalue weighted by Crippen LogP contribution is 2.41. The van der Waals surface area contributed by atoms with Crippen molar-refractivity contribution in [3.8, 4) is 5.88 Å². The molecule has 204 valence electrons. The summed E-state index contributed by atoms with van der Waals surface area (Å²) in [6.45, 7) is 2.36. The fourth-order valence-corrected chi connectivity index (χ4v) is 5.40. The Hall–Kier alpha value is -2.06. The number of benzene rings is 1. The van der Waals surface area contributed by atoms with Crippen molar-refractivity contribution in [2.24, 2.45) is 0 Å². The normalized spacial score (nSPS) is 23.6. The molecule has 2 aromatic rings. The monoisotopic (exact) mass is 552 g/mol. The van der Waals surface area contributed by atoms with Crippen LogP contribution in [-0.2, 0) is 33.2 Å². The molecule has 37 heavy (non-hydrogen) atoms. The van der Waals surface area contributed by atoms with Crippen LogP contribution >= 0.6 is 11.9 Å². The van der Waals surface area contributed by atoms with Gasteiger partial charge in [-0.2, -0.15) is 26.3 Å². The molecule has 1 aromatic carbocycles. The van der Waals surface area contributed by atoms with Gasteiger partial charge in [-0.05, 0) is 48.7 Å². The third-order valence-electron chi connectivity index (χ3n) is 6.16. The number of nitrogens with zero attached hydrogens (tertiary/aromatic N) is 2. The topological polar surface area (TPSA) is 53.1 Å². The Kier molecular flexibility index (Phi) is 8.58. The fourth-order valence-electron chi connectivity index (χ4n) is 4.21. The van der Waals surface area contributed by atoms with Gasteiger partial charge in [-0.25, -0.2) is 9.29 Å². The van der Waals surface area contributed by atoms with Gasteiger partial charge >= 0.3 is 12.4 Å². The largest absolute Gasteiger partial charge is 0.474 e. The maximum absolute atomic E-state index is 13.3. The van der Waals surface area contributed by atoms with E-state index in [4.69, 9.17) is 18.9 Å². The molecule has 0 N–H and O–H groups in total. The van der Waals surface area contributed by atoms with Gasteiger partial charge in [0.25, 0.3) is 0 Å². The van der Waals surface area contributed by atoms with E-state index in [1.165, 1.54) is 31.2 Å². The van der Waals surface area contributed by atoms with Crippen LogP contribution in [-0.4, -0.2) is 54.1 Å². The Morgan fingerprint density at radius 3 is 2.24 bits per heavy atom. The lowest BCUT2D eigenvalue weighted by Crippen LogP contribution is -2.55. The van der Waals surface area contributed by atoms with Crippen molar-refractivity contribution in [3.63, 3.8) is 0 Å². The lowest BCUT2D eigenvalue weighted by molar-refractivity contribution is -0.138. The van der Waals surface area contributed by atoms with Crippen LogP contribution in [0.4, 0.5) is 26.3 Å². The van der Waals surface area contributed by atoms with Crippen molar-refractivity contribution >= 4 is 11.9 Å². The molecule has 0 aliphatic carbocycles. The van der Waals surface area contributed by atoms with Crippen LogP contribution in [0.2, 0.25) is 0 Å². The molecule has 13 heteroatoms. The van der Waals surface area contributed by atoms with Crippen molar-refractivity contribution in [2.75, 3.05) is 20.3 Å². The van der Waals surface area contributed by atoms with E-state index in [1.54, 1.807) is 6.92 Å². The number of aromatic nitrogens is 1. The van der Waals surface area contributed by atoms with Gasteiger partial charge in [-0.1, -0.05) is 0 Å². The fraction of sp³-hybridized carbons (Fsp3) is 0.542. The average molecular weight is 553 g/mol.